The van der Waals surface area contributed by atoms with Crippen molar-refractivity contribution in [1.82, 2.24) is 0 Å². The molecule has 1 aliphatic rings. The zero-order valence-corrected chi connectivity index (χ0v) is 20.9. The zero-order chi connectivity index (χ0) is 25.2. The summed E-state index contributed by atoms with van der Waals surface area (Å²) in [7, 11) is 0. The molecule has 2 N–H and O–H groups in total. The third-order valence-electron chi connectivity index (χ3n) is 6.62. The van der Waals surface area contributed by atoms with E-state index in [0.717, 1.165) is 46.9 Å². The van der Waals surface area contributed by atoms with Crippen LogP contribution in [0.4, 0.5) is 11.4 Å². The summed E-state index contributed by atoms with van der Waals surface area (Å²) in [6.07, 6.45) is 0. The van der Waals surface area contributed by atoms with Gasteiger partial charge in [-0.15, -0.1) is 0 Å². The normalized spacial score (nSPS) is 13.8. The highest BCUT2D eigenvalue weighted by molar-refractivity contribution is 6.33. The number of halogens is 1. The van der Waals surface area contributed by atoms with Gasteiger partial charge in [0, 0.05) is 35.5 Å². The van der Waals surface area contributed by atoms with E-state index < -0.39 is 5.97 Å². The Balaban J connectivity index is 1.79. The van der Waals surface area contributed by atoms with Crippen LogP contribution in [0.2, 0.25) is 5.02 Å². The summed E-state index contributed by atoms with van der Waals surface area (Å²) in [4.78, 5) is 14.6. The molecule has 36 heavy (non-hydrogen) atoms. The van der Waals surface area contributed by atoms with Gasteiger partial charge in [-0.25, -0.2) is 4.79 Å². The highest BCUT2D eigenvalue weighted by atomic mass is 35.5. The number of hydrogen-bond donors (Lipinski definition) is 2. The van der Waals surface area contributed by atoms with E-state index in [-0.39, 0.29) is 11.6 Å². The van der Waals surface area contributed by atoms with E-state index in [4.69, 9.17) is 16.3 Å². The second-order valence-corrected chi connectivity index (χ2v) is 9.00. The number of para-hydroxylation sites is 2. The van der Waals surface area contributed by atoms with Crippen LogP contribution in [0.15, 0.2) is 84.9 Å². The summed E-state index contributed by atoms with van der Waals surface area (Å²) in [5.41, 5.74) is 5.24. The molecule has 1 atom stereocenters. The molecule has 0 saturated carbocycles. The predicted octanol–water partition coefficient (Wildman–Crippen LogP) is 7.86. The summed E-state index contributed by atoms with van der Waals surface area (Å²) in [5, 5.41) is 14.4. The van der Waals surface area contributed by atoms with Crippen LogP contribution in [0.25, 0.3) is 11.1 Å². The van der Waals surface area contributed by atoms with Gasteiger partial charge < -0.3 is 20.1 Å². The highest BCUT2D eigenvalue weighted by Gasteiger charge is 2.32. The van der Waals surface area contributed by atoms with Gasteiger partial charge in [-0.3, -0.25) is 0 Å². The van der Waals surface area contributed by atoms with Crippen molar-refractivity contribution in [3.63, 3.8) is 0 Å². The number of ether oxygens (including phenoxy) is 1. The number of nitrogens with zero attached hydrogens (tertiary/aromatic N) is 1. The number of aromatic carboxylic acids is 1. The van der Waals surface area contributed by atoms with Gasteiger partial charge in [-0.2, -0.15) is 0 Å². The third kappa shape index (κ3) is 4.16. The van der Waals surface area contributed by atoms with Crippen molar-refractivity contribution in [2.75, 3.05) is 23.3 Å². The molecule has 182 valence electrons. The molecular formula is C30H27ClN2O3. The minimum Gasteiger partial charge on any atom is -0.478 e. The van der Waals surface area contributed by atoms with Gasteiger partial charge >= 0.3 is 5.97 Å². The Hall–Kier alpha value is -3.96. The predicted molar refractivity (Wildman–Crippen MR) is 146 cm³/mol. The van der Waals surface area contributed by atoms with E-state index in [1.165, 1.54) is 0 Å². The summed E-state index contributed by atoms with van der Waals surface area (Å²) in [6.45, 7) is 5.65. The molecule has 5 rings (SSSR count). The van der Waals surface area contributed by atoms with Crippen molar-refractivity contribution in [3.8, 4) is 22.6 Å². The van der Waals surface area contributed by atoms with E-state index in [0.29, 0.717) is 16.3 Å². The second-order valence-electron chi connectivity index (χ2n) is 8.59. The van der Waals surface area contributed by atoms with E-state index >= 15 is 0 Å². The number of rotatable bonds is 7. The van der Waals surface area contributed by atoms with Crippen molar-refractivity contribution in [1.29, 1.82) is 0 Å². The molecule has 4 aromatic carbocycles. The number of benzene rings is 4. The van der Waals surface area contributed by atoms with Gasteiger partial charge in [-0.1, -0.05) is 60.1 Å². The number of carboxylic acids is 1. The Labute approximate surface area is 215 Å². The molecule has 0 aromatic heterocycles. The van der Waals surface area contributed by atoms with Crippen molar-refractivity contribution >= 4 is 28.9 Å². The van der Waals surface area contributed by atoms with E-state index in [1.54, 1.807) is 12.1 Å². The van der Waals surface area contributed by atoms with Crippen LogP contribution in [0.3, 0.4) is 0 Å². The Morgan fingerprint density at radius 1 is 0.917 bits per heavy atom. The molecule has 0 spiro atoms. The molecule has 0 bridgehead atoms. The van der Waals surface area contributed by atoms with E-state index in [2.05, 4.69) is 24.1 Å². The van der Waals surface area contributed by atoms with Crippen LogP contribution >= 0.6 is 11.6 Å². The monoisotopic (exact) mass is 498 g/mol. The van der Waals surface area contributed by atoms with Crippen LogP contribution in [0, 0.1) is 0 Å². The van der Waals surface area contributed by atoms with Gasteiger partial charge in [0.25, 0.3) is 0 Å². The Morgan fingerprint density at radius 3 is 2.36 bits per heavy atom. The SMILES string of the molecule is CCN(CC)c1cccc(C(=O)O)c1-c1cccc2c1C(Nc1ccccc1Cl)c1ccccc1O2. The lowest BCUT2D eigenvalue weighted by atomic mass is 9.85. The number of carboxylic acid groups (broad SMARTS) is 1. The molecule has 0 fully saturated rings. The molecule has 0 amide bonds. The first-order chi connectivity index (χ1) is 17.5. The fourth-order valence-corrected chi connectivity index (χ4v) is 5.14. The van der Waals surface area contributed by atoms with Crippen molar-refractivity contribution in [2.45, 2.75) is 19.9 Å². The van der Waals surface area contributed by atoms with Crippen LogP contribution in [0.5, 0.6) is 11.5 Å². The average molecular weight is 499 g/mol. The number of hydrogen-bond acceptors (Lipinski definition) is 4. The maximum absolute atomic E-state index is 12.4. The standard InChI is InChI=1S/C30H27ClN2O3/c1-3-33(4-2)24-16-9-13-21(30(34)35)27(24)20-12-10-18-26-28(20)29(19-11-5-8-17-25(19)36-26)32-23-15-7-6-14-22(23)31/h5-18,29,32H,3-4H2,1-2H3,(H,34,35). The summed E-state index contributed by atoms with van der Waals surface area (Å²) in [6, 6.07) is 26.5. The minimum absolute atomic E-state index is 0.253. The summed E-state index contributed by atoms with van der Waals surface area (Å²) in [5.74, 6) is 0.466. The summed E-state index contributed by atoms with van der Waals surface area (Å²) < 4.78 is 6.36. The van der Waals surface area contributed by atoms with Crippen LogP contribution in [-0.2, 0) is 0 Å². The molecule has 1 aliphatic heterocycles. The van der Waals surface area contributed by atoms with Gasteiger partial charge in [-0.05, 0) is 55.8 Å². The van der Waals surface area contributed by atoms with Gasteiger partial charge in [0.15, 0.2) is 0 Å². The molecule has 1 heterocycles. The van der Waals surface area contributed by atoms with Gasteiger partial charge in [0.2, 0.25) is 0 Å². The molecule has 1 unspecified atom stereocenters. The number of anilines is 2. The van der Waals surface area contributed by atoms with Crippen LogP contribution in [-0.4, -0.2) is 24.2 Å². The third-order valence-corrected chi connectivity index (χ3v) is 6.95. The minimum atomic E-state index is -0.968. The largest absolute Gasteiger partial charge is 0.478 e. The fourth-order valence-electron chi connectivity index (χ4n) is 4.95. The van der Waals surface area contributed by atoms with Crippen LogP contribution < -0.4 is 15.0 Å². The topological polar surface area (TPSA) is 61.8 Å². The lowest BCUT2D eigenvalue weighted by Crippen LogP contribution is -2.24. The Kier molecular flexibility index (Phi) is 6.57. The zero-order valence-electron chi connectivity index (χ0n) is 20.2. The first kappa shape index (κ1) is 23.8. The average Bonchev–Trinajstić information content (AvgIpc) is 2.90. The number of fused-ring (bicyclic) bond motifs is 2. The van der Waals surface area contributed by atoms with Crippen LogP contribution in [0.1, 0.15) is 41.4 Å². The second kappa shape index (κ2) is 9.96. The lowest BCUT2D eigenvalue weighted by molar-refractivity contribution is 0.0697. The number of carbonyl (C=O) groups is 1. The Bertz CT molecular complexity index is 1430. The molecule has 0 radical (unpaired) electrons. The van der Waals surface area contributed by atoms with Crippen molar-refractivity contribution < 1.29 is 14.6 Å². The molecule has 4 aromatic rings. The van der Waals surface area contributed by atoms with E-state index in [1.807, 2.05) is 72.8 Å². The summed E-state index contributed by atoms with van der Waals surface area (Å²) >= 11 is 6.55. The maximum atomic E-state index is 12.4. The van der Waals surface area contributed by atoms with Crippen molar-refractivity contribution in [2.24, 2.45) is 0 Å². The molecule has 0 aliphatic carbocycles. The smallest absolute Gasteiger partial charge is 0.336 e. The highest BCUT2D eigenvalue weighted by Crippen LogP contribution is 2.50. The lowest BCUT2D eigenvalue weighted by Gasteiger charge is -2.33. The van der Waals surface area contributed by atoms with Gasteiger partial charge in [0.05, 0.1) is 22.3 Å². The van der Waals surface area contributed by atoms with Crippen molar-refractivity contribution in [3.05, 3.63) is 107 Å². The molecule has 0 saturated heterocycles. The molecular weight excluding hydrogens is 472 g/mol. The molecule has 6 heteroatoms. The molecule has 5 nitrogen and oxygen atoms in total. The van der Waals surface area contributed by atoms with Gasteiger partial charge in [0.1, 0.15) is 11.5 Å². The van der Waals surface area contributed by atoms with E-state index in [9.17, 15) is 9.90 Å². The fraction of sp³-hybridized carbons (Fsp3) is 0.167. The number of nitrogens with one attached hydrogen (secondary N) is 1. The maximum Gasteiger partial charge on any atom is 0.336 e. The quantitative estimate of drug-likeness (QED) is 0.271. The first-order valence-corrected chi connectivity index (χ1v) is 12.4. The Morgan fingerprint density at radius 2 is 1.61 bits per heavy atom. The first-order valence-electron chi connectivity index (χ1n) is 12.1.